The van der Waals surface area contributed by atoms with E-state index in [0.29, 0.717) is 4.47 Å². The van der Waals surface area contributed by atoms with Crippen molar-refractivity contribution >= 4 is 15.9 Å². The first-order chi connectivity index (χ1) is 9.10. The number of hydrogen-bond acceptors (Lipinski definition) is 2. The van der Waals surface area contributed by atoms with Gasteiger partial charge in [0.2, 0.25) is 0 Å². The lowest BCUT2D eigenvalue weighted by molar-refractivity contribution is 0.284. The van der Waals surface area contributed by atoms with Gasteiger partial charge in [0.15, 0.2) is 11.6 Å². The quantitative estimate of drug-likeness (QED) is 0.849. The second kappa shape index (κ2) is 5.81. The molecular weight excluding hydrogens is 316 g/mol. The zero-order valence-corrected chi connectivity index (χ0v) is 11.2. The number of nitriles is 1. The maximum atomic E-state index is 13.6. The first-order valence-electron chi connectivity index (χ1n) is 5.36. The zero-order valence-electron chi connectivity index (χ0n) is 9.66. The lowest BCUT2D eigenvalue weighted by atomic mass is 10.1. The number of ether oxygens (including phenoxy) is 1. The van der Waals surface area contributed by atoms with Gasteiger partial charge in [-0.2, -0.15) is 5.26 Å². The second-order valence-corrected chi connectivity index (χ2v) is 4.70. The summed E-state index contributed by atoms with van der Waals surface area (Å²) in [6.07, 6.45) is 0. The smallest absolute Gasteiger partial charge is 0.165 e. The normalized spacial score (nSPS) is 10.0. The van der Waals surface area contributed by atoms with Crippen LogP contribution in [0.15, 0.2) is 40.9 Å². The van der Waals surface area contributed by atoms with E-state index in [2.05, 4.69) is 15.9 Å². The Morgan fingerprint density at radius 3 is 2.58 bits per heavy atom. The third-order valence-corrected chi connectivity index (χ3v) is 2.95. The van der Waals surface area contributed by atoms with E-state index < -0.39 is 11.6 Å². The Labute approximate surface area is 117 Å². The molecule has 5 heteroatoms. The molecule has 19 heavy (non-hydrogen) atoms. The summed E-state index contributed by atoms with van der Waals surface area (Å²) in [5.41, 5.74) is 0.494. The Kier molecular flexibility index (Phi) is 4.13. The number of halogens is 3. The van der Waals surface area contributed by atoms with Crippen molar-refractivity contribution in [2.75, 3.05) is 0 Å². The molecule has 0 spiro atoms. The van der Waals surface area contributed by atoms with Crippen LogP contribution >= 0.6 is 15.9 Å². The molecule has 0 atom stereocenters. The van der Waals surface area contributed by atoms with Crippen molar-refractivity contribution in [1.82, 2.24) is 0 Å². The molecule has 0 aliphatic heterocycles. The molecule has 0 aromatic heterocycles. The van der Waals surface area contributed by atoms with E-state index in [9.17, 15) is 8.78 Å². The van der Waals surface area contributed by atoms with E-state index in [1.54, 1.807) is 6.07 Å². The lowest BCUT2D eigenvalue weighted by Crippen LogP contribution is -2.00. The van der Waals surface area contributed by atoms with Gasteiger partial charge in [-0.25, -0.2) is 8.78 Å². The van der Waals surface area contributed by atoms with Crippen molar-refractivity contribution in [2.45, 2.75) is 6.61 Å². The van der Waals surface area contributed by atoms with Gasteiger partial charge in [0.25, 0.3) is 0 Å². The zero-order chi connectivity index (χ0) is 13.8. The summed E-state index contributed by atoms with van der Waals surface area (Å²) in [5, 5.41) is 8.63. The molecule has 96 valence electrons. The highest BCUT2D eigenvalue weighted by atomic mass is 79.9. The number of nitrogens with zero attached hydrogens (tertiary/aromatic N) is 1. The maximum Gasteiger partial charge on any atom is 0.165 e. The van der Waals surface area contributed by atoms with Crippen LogP contribution in [-0.2, 0) is 6.61 Å². The molecule has 0 amide bonds. The molecule has 0 fully saturated rings. The SMILES string of the molecule is N#Cc1ccc(COc2cc(Br)ccc2F)c(F)c1. The fourth-order valence-electron chi connectivity index (χ4n) is 1.48. The summed E-state index contributed by atoms with van der Waals surface area (Å²) in [4.78, 5) is 0. The maximum absolute atomic E-state index is 13.6. The van der Waals surface area contributed by atoms with Crippen molar-refractivity contribution in [1.29, 1.82) is 5.26 Å². The molecule has 0 heterocycles. The summed E-state index contributed by atoms with van der Waals surface area (Å²) >= 11 is 3.20. The molecule has 0 saturated heterocycles. The molecule has 0 saturated carbocycles. The van der Waals surface area contributed by atoms with E-state index in [-0.39, 0.29) is 23.5 Å². The van der Waals surface area contributed by atoms with Crippen LogP contribution in [0.5, 0.6) is 5.75 Å². The molecule has 2 rings (SSSR count). The molecule has 0 aliphatic rings. The Balaban J connectivity index is 2.15. The molecule has 2 aromatic rings. The van der Waals surface area contributed by atoms with Gasteiger partial charge in [-0.15, -0.1) is 0 Å². The number of benzene rings is 2. The van der Waals surface area contributed by atoms with Crippen molar-refractivity contribution in [2.24, 2.45) is 0 Å². The largest absolute Gasteiger partial charge is 0.486 e. The third kappa shape index (κ3) is 3.30. The summed E-state index contributed by atoms with van der Waals surface area (Å²) in [6, 6.07) is 10.2. The first kappa shape index (κ1) is 13.5. The predicted octanol–water partition coefficient (Wildman–Crippen LogP) is 4.18. The lowest BCUT2D eigenvalue weighted by Gasteiger charge is -2.08. The second-order valence-electron chi connectivity index (χ2n) is 3.78. The standard InChI is InChI=1S/C14H8BrF2NO/c15-11-3-4-12(16)14(6-11)19-8-10-2-1-9(7-18)5-13(10)17/h1-6H,8H2. The van der Waals surface area contributed by atoms with Gasteiger partial charge in [0, 0.05) is 10.0 Å². The minimum atomic E-state index is -0.547. The van der Waals surface area contributed by atoms with Gasteiger partial charge in [-0.05, 0) is 30.3 Å². The van der Waals surface area contributed by atoms with Gasteiger partial charge >= 0.3 is 0 Å². The highest BCUT2D eigenvalue weighted by Gasteiger charge is 2.08. The average molecular weight is 324 g/mol. The average Bonchev–Trinajstić information content (AvgIpc) is 2.40. The fourth-order valence-corrected chi connectivity index (χ4v) is 1.82. The predicted molar refractivity (Wildman–Crippen MR) is 69.5 cm³/mol. The Bertz CT molecular complexity index is 652. The van der Waals surface area contributed by atoms with Crippen molar-refractivity contribution in [3.05, 3.63) is 63.6 Å². The van der Waals surface area contributed by atoms with Gasteiger partial charge in [0.05, 0.1) is 11.6 Å². The van der Waals surface area contributed by atoms with Crippen LogP contribution in [0.4, 0.5) is 8.78 Å². The molecule has 0 unspecified atom stereocenters. The fraction of sp³-hybridized carbons (Fsp3) is 0.0714. The first-order valence-corrected chi connectivity index (χ1v) is 6.16. The van der Waals surface area contributed by atoms with E-state index >= 15 is 0 Å². The molecule has 2 nitrogen and oxygen atoms in total. The van der Waals surface area contributed by atoms with Crippen LogP contribution in [0.1, 0.15) is 11.1 Å². The Hall–Kier alpha value is -1.93. The summed E-state index contributed by atoms with van der Waals surface area (Å²) in [6.45, 7) is -0.106. The van der Waals surface area contributed by atoms with Crippen LogP contribution in [0.25, 0.3) is 0 Å². The molecule has 0 N–H and O–H groups in total. The van der Waals surface area contributed by atoms with Crippen LogP contribution in [0, 0.1) is 23.0 Å². The van der Waals surface area contributed by atoms with Crippen molar-refractivity contribution < 1.29 is 13.5 Å². The van der Waals surface area contributed by atoms with Crippen molar-refractivity contribution in [3.8, 4) is 11.8 Å². The molecular formula is C14H8BrF2NO. The van der Waals surface area contributed by atoms with Crippen molar-refractivity contribution in [3.63, 3.8) is 0 Å². The van der Waals surface area contributed by atoms with Crippen LogP contribution in [0.3, 0.4) is 0 Å². The molecule has 0 bridgehead atoms. The van der Waals surface area contributed by atoms with Crippen LogP contribution in [-0.4, -0.2) is 0 Å². The highest BCUT2D eigenvalue weighted by molar-refractivity contribution is 9.10. The minimum absolute atomic E-state index is 0.0399. The minimum Gasteiger partial charge on any atom is -0.486 e. The summed E-state index contributed by atoms with van der Waals surface area (Å²) < 4.78 is 32.9. The Morgan fingerprint density at radius 2 is 1.89 bits per heavy atom. The Morgan fingerprint density at radius 1 is 1.11 bits per heavy atom. The molecule has 0 aliphatic carbocycles. The van der Waals surface area contributed by atoms with Gasteiger partial charge < -0.3 is 4.74 Å². The summed E-state index contributed by atoms with van der Waals surface area (Å²) in [5.74, 6) is -1.02. The monoisotopic (exact) mass is 323 g/mol. The van der Waals surface area contributed by atoms with Crippen LogP contribution < -0.4 is 4.74 Å². The van der Waals surface area contributed by atoms with E-state index in [4.69, 9.17) is 10.00 Å². The molecule has 2 aromatic carbocycles. The van der Waals surface area contributed by atoms with Gasteiger partial charge in [-0.1, -0.05) is 22.0 Å². The van der Waals surface area contributed by atoms with Gasteiger partial charge in [0.1, 0.15) is 12.4 Å². The molecule has 0 radical (unpaired) electrons. The van der Waals surface area contributed by atoms with Crippen LogP contribution in [0.2, 0.25) is 0 Å². The van der Waals surface area contributed by atoms with E-state index in [1.807, 2.05) is 6.07 Å². The summed E-state index contributed by atoms with van der Waals surface area (Å²) in [7, 11) is 0. The topological polar surface area (TPSA) is 33.0 Å². The van der Waals surface area contributed by atoms with E-state index in [0.717, 1.165) is 6.07 Å². The highest BCUT2D eigenvalue weighted by Crippen LogP contribution is 2.23. The third-order valence-electron chi connectivity index (χ3n) is 2.46. The number of rotatable bonds is 3. The van der Waals surface area contributed by atoms with E-state index in [1.165, 1.54) is 24.3 Å². The van der Waals surface area contributed by atoms with Gasteiger partial charge in [-0.3, -0.25) is 0 Å². The number of hydrogen-bond donors (Lipinski definition) is 0.